The lowest BCUT2D eigenvalue weighted by Crippen LogP contribution is -2.18. The second-order valence-corrected chi connectivity index (χ2v) is 4.41. The van der Waals surface area contributed by atoms with Gasteiger partial charge < -0.3 is 10.6 Å². The number of nitrogens with two attached hydrogens (primary N) is 1. The molecule has 0 aliphatic heterocycles. The molecule has 2 rings (SSSR count). The van der Waals surface area contributed by atoms with Gasteiger partial charge in [-0.25, -0.2) is 4.39 Å². The van der Waals surface area contributed by atoms with E-state index < -0.39 is 0 Å². The van der Waals surface area contributed by atoms with Gasteiger partial charge in [0, 0.05) is 30.4 Å². The molecule has 0 radical (unpaired) electrons. The molecular weight excluding hydrogens is 241 g/mol. The monoisotopic (exact) mass is 257 g/mol. The first-order chi connectivity index (χ1) is 9.08. The molecule has 0 heterocycles. The van der Waals surface area contributed by atoms with Crippen molar-refractivity contribution >= 4 is 11.5 Å². The lowest BCUT2D eigenvalue weighted by atomic mass is 10.1. The van der Waals surface area contributed by atoms with Gasteiger partial charge in [-0.15, -0.1) is 0 Å². The van der Waals surface area contributed by atoms with E-state index in [-0.39, 0.29) is 11.7 Å². The summed E-state index contributed by atoms with van der Waals surface area (Å²) in [6, 6.07) is 14.1. The normalized spacial score (nSPS) is 10.2. The van der Waals surface area contributed by atoms with Gasteiger partial charge in [0.15, 0.2) is 0 Å². The number of rotatable bonds is 4. The second kappa shape index (κ2) is 5.52. The third kappa shape index (κ3) is 3.10. The summed E-state index contributed by atoms with van der Waals surface area (Å²) >= 11 is 0. The van der Waals surface area contributed by atoms with Crippen molar-refractivity contribution in [2.45, 2.75) is 6.54 Å². The Bertz CT molecular complexity index is 595. The van der Waals surface area contributed by atoms with Crippen molar-refractivity contribution in [1.29, 1.82) is 5.41 Å². The Hall–Kier alpha value is -2.36. The number of hydrogen-bond acceptors (Lipinski definition) is 2. The Labute approximate surface area is 112 Å². The average molecular weight is 257 g/mol. The highest BCUT2D eigenvalue weighted by Gasteiger charge is 2.07. The molecule has 0 fully saturated rings. The number of nitrogens with zero attached hydrogens (tertiary/aromatic N) is 1. The van der Waals surface area contributed by atoms with Gasteiger partial charge in [-0.3, -0.25) is 5.41 Å². The van der Waals surface area contributed by atoms with Gasteiger partial charge in [0.05, 0.1) is 0 Å². The number of hydrogen-bond donors (Lipinski definition) is 2. The number of halogens is 1. The van der Waals surface area contributed by atoms with E-state index in [2.05, 4.69) is 0 Å². The van der Waals surface area contributed by atoms with Crippen LogP contribution in [0.3, 0.4) is 0 Å². The summed E-state index contributed by atoms with van der Waals surface area (Å²) in [5, 5.41) is 7.43. The maximum Gasteiger partial charge on any atom is 0.128 e. The largest absolute Gasteiger partial charge is 0.384 e. The molecule has 0 atom stereocenters. The molecule has 0 bridgehead atoms. The summed E-state index contributed by atoms with van der Waals surface area (Å²) in [5.74, 6) is -0.182. The quantitative estimate of drug-likeness (QED) is 0.653. The van der Waals surface area contributed by atoms with Crippen molar-refractivity contribution in [3.05, 3.63) is 65.5 Å². The molecule has 2 aromatic rings. The third-order valence-electron chi connectivity index (χ3n) is 2.96. The molecule has 4 heteroatoms. The maximum atomic E-state index is 13.6. The van der Waals surface area contributed by atoms with Crippen molar-refractivity contribution in [3.8, 4) is 0 Å². The van der Waals surface area contributed by atoms with Crippen LogP contribution in [0.2, 0.25) is 0 Å². The molecule has 0 aliphatic carbocycles. The van der Waals surface area contributed by atoms with Crippen LogP contribution in [0.1, 0.15) is 11.1 Å². The number of nitrogen functional groups attached to an aromatic ring is 1. The van der Waals surface area contributed by atoms with Crippen molar-refractivity contribution in [3.63, 3.8) is 0 Å². The fraction of sp³-hybridized carbons (Fsp3) is 0.133. The van der Waals surface area contributed by atoms with Crippen molar-refractivity contribution in [2.75, 3.05) is 11.9 Å². The number of anilines is 1. The van der Waals surface area contributed by atoms with Crippen molar-refractivity contribution in [1.82, 2.24) is 0 Å². The van der Waals surface area contributed by atoms with Gasteiger partial charge in [0.2, 0.25) is 0 Å². The summed E-state index contributed by atoms with van der Waals surface area (Å²) in [6.07, 6.45) is 0. The molecule has 0 aromatic heterocycles. The molecule has 0 spiro atoms. The maximum absolute atomic E-state index is 13.6. The van der Waals surface area contributed by atoms with Gasteiger partial charge in [-0.1, -0.05) is 30.3 Å². The van der Waals surface area contributed by atoms with Crippen LogP contribution in [0, 0.1) is 11.2 Å². The molecule has 0 saturated carbocycles. The highest BCUT2D eigenvalue weighted by Crippen LogP contribution is 2.18. The predicted molar refractivity (Wildman–Crippen MR) is 76.0 cm³/mol. The molecule has 0 saturated heterocycles. The summed E-state index contributed by atoms with van der Waals surface area (Å²) in [6.45, 7) is 0.466. The summed E-state index contributed by atoms with van der Waals surface area (Å²) in [7, 11) is 1.88. The molecule has 0 unspecified atom stereocenters. The molecule has 2 aromatic carbocycles. The number of amidine groups is 1. The number of benzene rings is 2. The van der Waals surface area contributed by atoms with Crippen LogP contribution in [-0.4, -0.2) is 12.9 Å². The first kappa shape index (κ1) is 13.1. The first-order valence-corrected chi connectivity index (χ1v) is 5.97. The summed E-state index contributed by atoms with van der Waals surface area (Å²) in [4.78, 5) is 1.92. The summed E-state index contributed by atoms with van der Waals surface area (Å²) in [5.41, 5.74) is 7.67. The van der Waals surface area contributed by atoms with E-state index in [0.29, 0.717) is 17.7 Å². The molecule has 0 amide bonds. The SMILES string of the molecule is CN(Cc1ccccc1F)c1cccc(C(=N)N)c1. The van der Waals surface area contributed by atoms with E-state index >= 15 is 0 Å². The van der Waals surface area contributed by atoms with Gasteiger partial charge in [0.1, 0.15) is 11.7 Å². The zero-order valence-corrected chi connectivity index (χ0v) is 10.7. The molecule has 0 aliphatic rings. The van der Waals surface area contributed by atoms with Gasteiger partial charge in [-0.2, -0.15) is 0 Å². The van der Waals surface area contributed by atoms with E-state index in [4.69, 9.17) is 11.1 Å². The highest BCUT2D eigenvalue weighted by molar-refractivity contribution is 5.95. The van der Waals surface area contributed by atoms with E-state index in [0.717, 1.165) is 5.69 Å². The Morgan fingerprint density at radius 1 is 1.21 bits per heavy atom. The standard InChI is InChI=1S/C15H16FN3/c1-19(10-12-5-2-3-8-14(12)16)13-7-4-6-11(9-13)15(17)18/h2-9H,10H2,1H3,(H3,17,18). The van der Waals surface area contributed by atoms with Crippen LogP contribution < -0.4 is 10.6 Å². The average Bonchev–Trinajstić information content (AvgIpc) is 2.41. The minimum absolute atomic E-state index is 0.0288. The van der Waals surface area contributed by atoms with Gasteiger partial charge in [-0.05, 0) is 18.2 Å². The lowest BCUT2D eigenvalue weighted by molar-refractivity contribution is 0.608. The van der Waals surface area contributed by atoms with E-state index in [1.807, 2.05) is 36.2 Å². The molecular formula is C15H16FN3. The fourth-order valence-electron chi connectivity index (χ4n) is 1.88. The van der Waals surface area contributed by atoms with E-state index in [1.54, 1.807) is 18.2 Å². The van der Waals surface area contributed by atoms with Crippen LogP contribution in [-0.2, 0) is 6.54 Å². The highest BCUT2D eigenvalue weighted by atomic mass is 19.1. The molecule has 3 nitrogen and oxygen atoms in total. The molecule has 98 valence electrons. The smallest absolute Gasteiger partial charge is 0.128 e. The van der Waals surface area contributed by atoms with Crippen LogP contribution >= 0.6 is 0 Å². The van der Waals surface area contributed by atoms with E-state index in [1.165, 1.54) is 6.07 Å². The number of nitrogens with one attached hydrogen (secondary N) is 1. The Balaban J connectivity index is 2.20. The van der Waals surface area contributed by atoms with E-state index in [9.17, 15) is 4.39 Å². The molecule has 3 N–H and O–H groups in total. The topological polar surface area (TPSA) is 53.1 Å². The Morgan fingerprint density at radius 2 is 1.95 bits per heavy atom. The van der Waals surface area contributed by atoms with Crippen LogP contribution in [0.25, 0.3) is 0 Å². The first-order valence-electron chi connectivity index (χ1n) is 5.97. The minimum Gasteiger partial charge on any atom is -0.384 e. The Kier molecular flexibility index (Phi) is 3.80. The lowest BCUT2D eigenvalue weighted by Gasteiger charge is -2.20. The Morgan fingerprint density at radius 3 is 2.63 bits per heavy atom. The van der Waals surface area contributed by atoms with Crippen LogP contribution in [0.5, 0.6) is 0 Å². The minimum atomic E-state index is -0.211. The second-order valence-electron chi connectivity index (χ2n) is 4.41. The van der Waals surface area contributed by atoms with Crippen molar-refractivity contribution < 1.29 is 4.39 Å². The zero-order chi connectivity index (χ0) is 13.8. The van der Waals surface area contributed by atoms with Crippen LogP contribution in [0.4, 0.5) is 10.1 Å². The van der Waals surface area contributed by atoms with Crippen LogP contribution in [0.15, 0.2) is 48.5 Å². The van der Waals surface area contributed by atoms with Gasteiger partial charge >= 0.3 is 0 Å². The zero-order valence-electron chi connectivity index (χ0n) is 10.7. The van der Waals surface area contributed by atoms with Crippen molar-refractivity contribution in [2.24, 2.45) is 5.73 Å². The van der Waals surface area contributed by atoms with Gasteiger partial charge in [0.25, 0.3) is 0 Å². The molecule has 19 heavy (non-hydrogen) atoms. The summed E-state index contributed by atoms with van der Waals surface area (Å²) < 4.78 is 13.6. The predicted octanol–water partition coefficient (Wildman–Crippen LogP) is 2.75. The third-order valence-corrected chi connectivity index (χ3v) is 2.96. The fourth-order valence-corrected chi connectivity index (χ4v) is 1.88.